The van der Waals surface area contributed by atoms with Crippen LogP contribution in [-0.2, 0) is 0 Å². The maximum absolute atomic E-state index is 13.8. The van der Waals surface area contributed by atoms with Gasteiger partial charge in [0.15, 0.2) is 40.7 Å². The first-order chi connectivity index (χ1) is 11.1. The number of hydrogen-bond acceptors (Lipinski definition) is 1. The molecule has 0 aliphatic carbocycles. The Hall–Kier alpha value is -2.26. The Labute approximate surface area is 131 Å². The topological polar surface area (TPSA) is 9.23 Å². The summed E-state index contributed by atoms with van der Waals surface area (Å²) in [6.07, 6.45) is 0. The SMILES string of the molecule is COc1c(F)c(F)c(Bc2c(F)c(F)c(C)c(F)c2F)c(F)c1F. The molecule has 0 unspecified atom stereocenters. The van der Waals surface area contributed by atoms with Crippen molar-refractivity contribution < 1.29 is 39.9 Å². The Morgan fingerprint density at radius 1 is 0.583 bits per heavy atom. The van der Waals surface area contributed by atoms with E-state index in [9.17, 15) is 35.1 Å². The van der Waals surface area contributed by atoms with Gasteiger partial charge in [-0.1, -0.05) is 0 Å². The highest BCUT2D eigenvalue weighted by atomic mass is 19.2. The Kier molecular flexibility index (Phi) is 4.77. The maximum Gasteiger partial charge on any atom is 0.208 e. The summed E-state index contributed by atoms with van der Waals surface area (Å²) in [6, 6.07) is 0. The van der Waals surface area contributed by atoms with E-state index in [-0.39, 0.29) is 0 Å². The monoisotopic (exact) mass is 354 g/mol. The van der Waals surface area contributed by atoms with Crippen LogP contribution in [-0.4, -0.2) is 14.4 Å². The van der Waals surface area contributed by atoms with Crippen molar-refractivity contribution >= 4 is 18.2 Å². The Balaban J connectivity index is 2.71. The molecule has 0 saturated heterocycles. The first-order valence-electron chi connectivity index (χ1n) is 6.33. The number of ether oxygens (including phenoxy) is 1. The van der Waals surface area contributed by atoms with Crippen LogP contribution < -0.4 is 15.7 Å². The van der Waals surface area contributed by atoms with Gasteiger partial charge in [-0.15, -0.1) is 0 Å². The van der Waals surface area contributed by atoms with Crippen LogP contribution in [0.4, 0.5) is 35.1 Å². The molecule has 128 valence electrons. The fraction of sp³-hybridized carbons (Fsp3) is 0.143. The molecule has 0 saturated carbocycles. The van der Waals surface area contributed by atoms with Gasteiger partial charge in [-0.25, -0.2) is 26.3 Å². The van der Waals surface area contributed by atoms with Crippen molar-refractivity contribution in [2.24, 2.45) is 0 Å². The van der Waals surface area contributed by atoms with Crippen LogP contribution in [0.3, 0.4) is 0 Å². The Bertz CT molecular complexity index is 778. The van der Waals surface area contributed by atoms with E-state index in [1.54, 1.807) is 0 Å². The second-order valence-electron chi connectivity index (χ2n) is 4.80. The van der Waals surface area contributed by atoms with Crippen LogP contribution in [0.1, 0.15) is 5.56 Å². The smallest absolute Gasteiger partial charge is 0.208 e. The first kappa shape index (κ1) is 18.1. The van der Waals surface area contributed by atoms with Crippen LogP contribution in [0.5, 0.6) is 5.75 Å². The fourth-order valence-corrected chi connectivity index (χ4v) is 2.11. The lowest BCUT2D eigenvalue weighted by Crippen LogP contribution is -2.39. The molecule has 1 nitrogen and oxygen atoms in total. The lowest BCUT2D eigenvalue weighted by atomic mass is 9.62. The van der Waals surface area contributed by atoms with Crippen LogP contribution >= 0.6 is 0 Å². The molecule has 0 aliphatic heterocycles. The number of rotatable bonds is 3. The molecule has 0 radical (unpaired) electrons. The lowest BCUT2D eigenvalue weighted by Gasteiger charge is -2.12. The molecule has 24 heavy (non-hydrogen) atoms. The normalized spacial score (nSPS) is 10.9. The van der Waals surface area contributed by atoms with Gasteiger partial charge in [0.1, 0.15) is 0 Å². The summed E-state index contributed by atoms with van der Waals surface area (Å²) in [5, 5.41) is 0. The predicted molar refractivity (Wildman–Crippen MR) is 70.3 cm³/mol. The van der Waals surface area contributed by atoms with Crippen molar-refractivity contribution in [1.82, 2.24) is 0 Å². The van der Waals surface area contributed by atoms with Crippen molar-refractivity contribution in [2.75, 3.05) is 7.11 Å². The van der Waals surface area contributed by atoms with Crippen molar-refractivity contribution in [3.63, 3.8) is 0 Å². The van der Waals surface area contributed by atoms with Crippen molar-refractivity contribution in [2.45, 2.75) is 6.92 Å². The molecule has 0 aromatic heterocycles. The third kappa shape index (κ3) is 2.59. The zero-order chi connectivity index (χ0) is 18.3. The first-order valence-corrected chi connectivity index (χ1v) is 6.33. The van der Waals surface area contributed by atoms with Gasteiger partial charge in [-0.3, -0.25) is 0 Å². The molecular formula is C14H7BF8O. The van der Waals surface area contributed by atoms with Crippen molar-refractivity contribution in [3.8, 4) is 5.75 Å². The Morgan fingerprint density at radius 3 is 1.25 bits per heavy atom. The minimum absolute atomic E-state index is 0.740. The third-order valence-electron chi connectivity index (χ3n) is 3.45. The molecule has 0 spiro atoms. The second-order valence-corrected chi connectivity index (χ2v) is 4.80. The fourth-order valence-electron chi connectivity index (χ4n) is 2.11. The molecule has 0 heterocycles. The van der Waals surface area contributed by atoms with E-state index >= 15 is 0 Å². The zero-order valence-corrected chi connectivity index (χ0v) is 12.1. The van der Waals surface area contributed by atoms with Gasteiger partial charge in [-0.2, -0.15) is 8.78 Å². The van der Waals surface area contributed by atoms with E-state index in [1.807, 2.05) is 0 Å². The average Bonchev–Trinajstić information content (AvgIpc) is 2.56. The second kappa shape index (κ2) is 6.33. The molecule has 2 aromatic rings. The maximum atomic E-state index is 13.8. The van der Waals surface area contributed by atoms with Gasteiger partial charge in [0, 0.05) is 5.56 Å². The lowest BCUT2D eigenvalue weighted by molar-refractivity contribution is 0.335. The molecule has 0 bridgehead atoms. The van der Waals surface area contributed by atoms with Gasteiger partial charge in [0.05, 0.1) is 7.11 Å². The van der Waals surface area contributed by atoms with Gasteiger partial charge in [0.25, 0.3) is 0 Å². The largest absolute Gasteiger partial charge is 0.491 e. The van der Waals surface area contributed by atoms with E-state index in [2.05, 4.69) is 4.74 Å². The molecule has 2 aromatic carbocycles. The third-order valence-corrected chi connectivity index (χ3v) is 3.45. The van der Waals surface area contributed by atoms with Gasteiger partial charge >= 0.3 is 0 Å². The summed E-state index contributed by atoms with van der Waals surface area (Å²) in [4.78, 5) is 0. The molecule has 0 aliphatic rings. The van der Waals surface area contributed by atoms with Crippen LogP contribution in [0.2, 0.25) is 0 Å². The highest BCUT2D eigenvalue weighted by Gasteiger charge is 2.30. The quantitative estimate of drug-likeness (QED) is 0.468. The highest BCUT2D eigenvalue weighted by Crippen LogP contribution is 2.25. The van der Waals surface area contributed by atoms with E-state index in [1.165, 1.54) is 0 Å². The molecule has 2 rings (SSSR count). The summed E-state index contributed by atoms with van der Waals surface area (Å²) in [7, 11) is -0.717. The van der Waals surface area contributed by atoms with Gasteiger partial charge < -0.3 is 4.74 Å². The van der Waals surface area contributed by atoms with Crippen molar-refractivity contribution in [3.05, 3.63) is 52.1 Å². The van der Waals surface area contributed by atoms with Crippen molar-refractivity contribution in [1.29, 1.82) is 0 Å². The predicted octanol–water partition coefficient (Wildman–Crippen LogP) is 2.50. The summed E-state index contributed by atoms with van der Waals surface area (Å²) in [5.74, 6) is -16.6. The minimum Gasteiger partial charge on any atom is -0.491 e. The Morgan fingerprint density at radius 2 is 0.917 bits per heavy atom. The number of methoxy groups -OCH3 is 1. The molecule has 0 N–H and O–H groups in total. The number of halogens is 8. The summed E-state index contributed by atoms with van der Waals surface area (Å²) in [6.45, 7) is 0.745. The van der Waals surface area contributed by atoms with Crippen LogP contribution in [0.15, 0.2) is 0 Å². The van der Waals surface area contributed by atoms with Gasteiger partial charge in [-0.05, 0) is 17.8 Å². The standard InChI is InChI=1S/C14H7BF8O/c1-3-6(16)8(18)4(9(19)7(3)17)15-5-10(20)12(22)14(24-2)13(23)11(5)21/h15H,1-2H3. The van der Waals surface area contributed by atoms with E-state index < -0.39 is 76.1 Å². The zero-order valence-electron chi connectivity index (χ0n) is 12.1. The molecular weight excluding hydrogens is 347 g/mol. The van der Waals surface area contributed by atoms with E-state index in [0.717, 1.165) is 14.0 Å². The van der Waals surface area contributed by atoms with Gasteiger partial charge in [0.2, 0.25) is 18.9 Å². The summed E-state index contributed by atoms with van der Waals surface area (Å²) in [5.41, 5.74) is -3.83. The van der Waals surface area contributed by atoms with Crippen LogP contribution in [0.25, 0.3) is 0 Å². The van der Waals surface area contributed by atoms with E-state index in [4.69, 9.17) is 0 Å². The number of hydrogen-bond donors (Lipinski definition) is 0. The molecule has 0 fully saturated rings. The minimum atomic E-state index is -1.99. The average molecular weight is 354 g/mol. The van der Waals surface area contributed by atoms with E-state index in [0.29, 0.717) is 0 Å². The molecule has 0 atom stereocenters. The molecule has 10 heteroatoms. The summed E-state index contributed by atoms with van der Waals surface area (Å²) >= 11 is 0. The van der Waals surface area contributed by atoms with Crippen LogP contribution in [0, 0.1) is 53.5 Å². The summed E-state index contributed by atoms with van der Waals surface area (Å²) < 4.78 is 113. The molecule has 0 amide bonds. The number of benzene rings is 2. The highest BCUT2D eigenvalue weighted by molar-refractivity contribution is 6.67.